The molecule has 212 valence electrons. The highest BCUT2D eigenvalue weighted by Gasteiger charge is 2.25. The Labute approximate surface area is 242 Å². The number of thiazole rings is 1. The zero-order valence-electron chi connectivity index (χ0n) is 22.8. The Hall–Kier alpha value is -4.02. The van der Waals surface area contributed by atoms with E-state index in [9.17, 15) is 14.7 Å². The Balaban J connectivity index is 1.18. The number of carbonyl (C=O) groups excluding carboxylic acids is 1. The summed E-state index contributed by atoms with van der Waals surface area (Å²) in [6, 6.07) is 16.9. The first-order chi connectivity index (χ1) is 20.0. The lowest BCUT2D eigenvalue weighted by molar-refractivity contribution is 0.0685. The molecule has 0 aliphatic carbocycles. The number of aromatic carboxylic acids is 1. The van der Waals surface area contributed by atoms with Crippen LogP contribution in [-0.4, -0.2) is 64.8 Å². The Kier molecular flexibility index (Phi) is 8.11. The first-order valence-electron chi connectivity index (χ1n) is 14.2. The molecule has 2 aliphatic rings. The van der Waals surface area contributed by atoms with Crippen molar-refractivity contribution in [3.8, 4) is 17.0 Å². The fourth-order valence-electron chi connectivity index (χ4n) is 5.56. The molecule has 2 aliphatic heterocycles. The van der Waals surface area contributed by atoms with Gasteiger partial charge in [-0.05, 0) is 81.1 Å². The van der Waals surface area contributed by atoms with E-state index >= 15 is 0 Å². The predicted molar refractivity (Wildman–Crippen MR) is 161 cm³/mol. The molecule has 2 aromatic heterocycles. The number of aryl methyl sites for hydroxylation is 1. The molecule has 1 saturated heterocycles. The summed E-state index contributed by atoms with van der Waals surface area (Å²) < 4.78 is 6.87. The molecule has 2 amide bonds. The van der Waals surface area contributed by atoms with E-state index in [0.717, 1.165) is 65.9 Å². The number of pyridine rings is 1. The first-order valence-corrected chi connectivity index (χ1v) is 15.0. The SMILES string of the molecule is O=C(O)c1nc(-c2ccc3c(c2)N(C(=O)Nc2nc4ccccc4s2)CCC3)ccc1OCCCN1CCCCC1. The fraction of sp³-hybridized carbons (Fsp3) is 0.355. The molecule has 0 bridgehead atoms. The molecule has 2 aromatic carbocycles. The summed E-state index contributed by atoms with van der Waals surface area (Å²) in [4.78, 5) is 38.6. The third kappa shape index (κ3) is 6.18. The van der Waals surface area contributed by atoms with E-state index in [0.29, 0.717) is 24.0 Å². The largest absolute Gasteiger partial charge is 0.491 e. The molecular weight excluding hydrogens is 538 g/mol. The first kappa shape index (κ1) is 27.2. The van der Waals surface area contributed by atoms with Crippen molar-refractivity contribution in [3.63, 3.8) is 0 Å². The maximum absolute atomic E-state index is 13.3. The molecule has 2 N–H and O–H groups in total. The lowest BCUT2D eigenvalue weighted by atomic mass is 9.98. The average Bonchev–Trinajstić information content (AvgIpc) is 3.41. The van der Waals surface area contributed by atoms with Gasteiger partial charge in [0.15, 0.2) is 16.6 Å². The summed E-state index contributed by atoms with van der Waals surface area (Å²) in [6.45, 7) is 4.21. The molecule has 9 nitrogen and oxygen atoms in total. The highest BCUT2D eigenvalue weighted by atomic mass is 32.1. The highest BCUT2D eigenvalue weighted by Crippen LogP contribution is 2.34. The van der Waals surface area contributed by atoms with Crippen molar-refractivity contribution < 1.29 is 19.4 Å². The Morgan fingerprint density at radius 2 is 1.83 bits per heavy atom. The van der Waals surface area contributed by atoms with Gasteiger partial charge in [0, 0.05) is 24.3 Å². The average molecular weight is 572 g/mol. The summed E-state index contributed by atoms with van der Waals surface area (Å²) in [5, 5.41) is 13.4. The van der Waals surface area contributed by atoms with E-state index in [1.165, 1.54) is 30.6 Å². The molecule has 4 aromatic rings. The summed E-state index contributed by atoms with van der Waals surface area (Å²) in [7, 11) is 0. The number of piperidine rings is 1. The molecule has 0 unspecified atom stereocenters. The van der Waals surface area contributed by atoms with Crippen LogP contribution in [0.1, 0.15) is 48.2 Å². The van der Waals surface area contributed by atoms with Crippen molar-refractivity contribution in [2.45, 2.75) is 38.5 Å². The smallest absolute Gasteiger partial charge is 0.358 e. The molecular formula is C31H33N5O4S. The second-order valence-electron chi connectivity index (χ2n) is 10.5. The second-order valence-corrected chi connectivity index (χ2v) is 11.5. The molecule has 0 atom stereocenters. The number of aromatic nitrogens is 2. The molecule has 0 radical (unpaired) electrons. The van der Waals surface area contributed by atoms with Gasteiger partial charge in [-0.15, -0.1) is 0 Å². The lowest BCUT2D eigenvalue weighted by Gasteiger charge is -2.29. The number of rotatable bonds is 8. The number of hydrogen-bond acceptors (Lipinski definition) is 7. The van der Waals surface area contributed by atoms with E-state index in [2.05, 4.69) is 20.2 Å². The van der Waals surface area contributed by atoms with Crippen molar-refractivity contribution in [1.29, 1.82) is 0 Å². The van der Waals surface area contributed by atoms with E-state index in [4.69, 9.17) is 4.74 Å². The van der Waals surface area contributed by atoms with Crippen LogP contribution in [0.5, 0.6) is 5.75 Å². The van der Waals surface area contributed by atoms with Crippen molar-refractivity contribution in [2.24, 2.45) is 0 Å². The van der Waals surface area contributed by atoms with Gasteiger partial charge in [-0.2, -0.15) is 0 Å². The maximum Gasteiger partial charge on any atom is 0.358 e. The number of hydrogen-bond donors (Lipinski definition) is 2. The summed E-state index contributed by atoms with van der Waals surface area (Å²) in [5.74, 6) is -0.859. The summed E-state index contributed by atoms with van der Waals surface area (Å²) >= 11 is 1.44. The number of ether oxygens (including phenoxy) is 1. The highest BCUT2D eigenvalue weighted by molar-refractivity contribution is 7.22. The van der Waals surface area contributed by atoms with Crippen molar-refractivity contribution in [1.82, 2.24) is 14.9 Å². The van der Waals surface area contributed by atoms with Gasteiger partial charge in [-0.3, -0.25) is 10.2 Å². The van der Waals surface area contributed by atoms with Crippen LogP contribution in [0.25, 0.3) is 21.5 Å². The molecule has 0 saturated carbocycles. The third-order valence-corrected chi connectivity index (χ3v) is 8.59. The van der Waals surface area contributed by atoms with Gasteiger partial charge < -0.3 is 14.7 Å². The van der Waals surface area contributed by atoms with Gasteiger partial charge in [0.25, 0.3) is 0 Å². The van der Waals surface area contributed by atoms with Crippen LogP contribution in [0.4, 0.5) is 15.6 Å². The van der Waals surface area contributed by atoms with Crippen molar-refractivity contribution >= 4 is 44.4 Å². The van der Waals surface area contributed by atoms with Crippen LogP contribution < -0.4 is 15.0 Å². The Bertz CT molecular complexity index is 1530. The number of urea groups is 1. The molecule has 0 spiro atoms. The maximum atomic E-state index is 13.3. The van der Waals surface area contributed by atoms with Crippen LogP contribution in [-0.2, 0) is 6.42 Å². The number of para-hydroxylation sites is 1. The Morgan fingerprint density at radius 3 is 2.66 bits per heavy atom. The number of nitrogens with one attached hydrogen (secondary N) is 1. The monoisotopic (exact) mass is 571 g/mol. The van der Waals surface area contributed by atoms with Crippen LogP contribution >= 0.6 is 11.3 Å². The van der Waals surface area contributed by atoms with Crippen LogP contribution in [0.15, 0.2) is 54.6 Å². The summed E-state index contributed by atoms with van der Waals surface area (Å²) in [5.41, 5.74) is 3.86. The van der Waals surface area contributed by atoms with Gasteiger partial charge in [-0.1, -0.05) is 42.0 Å². The normalized spacial score (nSPS) is 15.5. The van der Waals surface area contributed by atoms with E-state index in [1.54, 1.807) is 17.0 Å². The predicted octanol–water partition coefficient (Wildman–Crippen LogP) is 6.30. The molecule has 4 heterocycles. The van der Waals surface area contributed by atoms with Gasteiger partial charge in [0.2, 0.25) is 0 Å². The van der Waals surface area contributed by atoms with Crippen molar-refractivity contribution in [2.75, 3.05) is 43.0 Å². The van der Waals surface area contributed by atoms with Crippen LogP contribution in [0.3, 0.4) is 0 Å². The number of carbonyl (C=O) groups is 2. The number of carboxylic acid groups (broad SMARTS) is 1. The molecule has 41 heavy (non-hydrogen) atoms. The quantitative estimate of drug-likeness (QED) is 0.239. The number of carboxylic acids is 1. The number of amides is 2. The second kappa shape index (κ2) is 12.2. The van der Waals surface area contributed by atoms with Crippen LogP contribution in [0.2, 0.25) is 0 Å². The summed E-state index contributed by atoms with van der Waals surface area (Å²) in [6.07, 6.45) is 6.32. The number of anilines is 2. The zero-order valence-corrected chi connectivity index (χ0v) is 23.7. The number of nitrogens with zero attached hydrogens (tertiary/aromatic N) is 4. The standard InChI is InChI=1S/C31H33N5O4S/c37-29(38)28-26(40-19-7-17-35-15-4-1-5-16-35)14-13-23(32-28)22-12-11-21-8-6-18-36(25(21)20-22)31(39)34-30-33-24-9-2-3-10-27(24)41-30/h2-3,9-14,20H,1,4-8,15-19H2,(H,37,38)(H,33,34,39). The minimum absolute atomic E-state index is 0.108. The minimum atomic E-state index is -1.13. The van der Waals surface area contributed by atoms with E-state index in [-0.39, 0.29) is 17.5 Å². The molecule has 10 heteroatoms. The third-order valence-electron chi connectivity index (χ3n) is 7.64. The van der Waals surface area contributed by atoms with Crippen LogP contribution in [0, 0.1) is 0 Å². The van der Waals surface area contributed by atoms with E-state index < -0.39 is 5.97 Å². The fourth-order valence-corrected chi connectivity index (χ4v) is 6.42. The molecule has 1 fully saturated rings. The number of fused-ring (bicyclic) bond motifs is 2. The van der Waals surface area contributed by atoms with Gasteiger partial charge in [0.1, 0.15) is 0 Å². The van der Waals surface area contributed by atoms with E-state index in [1.807, 2.05) is 42.5 Å². The number of likely N-dealkylation sites (tertiary alicyclic amines) is 1. The zero-order chi connectivity index (χ0) is 28.2. The number of benzene rings is 2. The lowest BCUT2D eigenvalue weighted by Crippen LogP contribution is -2.38. The van der Waals surface area contributed by atoms with Gasteiger partial charge in [-0.25, -0.2) is 19.6 Å². The Morgan fingerprint density at radius 1 is 0.976 bits per heavy atom. The molecule has 6 rings (SSSR count). The van der Waals surface area contributed by atoms with Crippen molar-refractivity contribution in [3.05, 3.63) is 65.9 Å². The van der Waals surface area contributed by atoms with Gasteiger partial charge in [0.05, 0.1) is 22.5 Å². The minimum Gasteiger partial charge on any atom is -0.491 e. The van der Waals surface area contributed by atoms with Gasteiger partial charge >= 0.3 is 12.0 Å². The topological polar surface area (TPSA) is 108 Å².